The van der Waals surface area contributed by atoms with Gasteiger partial charge in [0.1, 0.15) is 17.5 Å². The molecule has 0 radical (unpaired) electrons. The number of aromatic amines is 1. The molecule has 6 heteroatoms. The van der Waals surface area contributed by atoms with Gasteiger partial charge in [0, 0.05) is 18.0 Å². The van der Waals surface area contributed by atoms with Gasteiger partial charge in [-0.2, -0.15) is 10.2 Å². The molecular weight excluding hydrogens is 302 g/mol. The van der Waals surface area contributed by atoms with Crippen LogP contribution in [-0.4, -0.2) is 15.0 Å². The third-order valence-corrected chi connectivity index (χ3v) is 3.93. The van der Waals surface area contributed by atoms with Crippen molar-refractivity contribution in [2.24, 2.45) is 5.73 Å². The highest BCUT2D eigenvalue weighted by Crippen LogP contribution is 2.41. The summed E-state index contributed by atoms with van der Waals surface area (Å²) in [6, 6.07) is 15.6. The fourth-order valence-corrected chi connectivity index (χ4v) is 2.82. The van der Waals surface area contributed by atoms with E-state index in [1.54, 1.807) is 12.4 Å². The summed E-state index contributed by atoms with van der Waals surface area (Å²) >= 11 is 0. The van der Waals surface area contributed by atoms with Gasteiger partial charge in [-0.15, -0.1) is 0 Å². The number of benzene rings is 1. The van der Waals surface area contributed by atoms with Gasteiger partial charge in [-0.1, -0.05) is 36.4 Å². The summed E-state index contributed by atoms with van der Waals surface area (Å²) in [4.78, 5) is 11.9. The third kappa shape index (κ3) is 2.20. The van der Waals surface area contributed by atoms with Gasteiger partial charge >= 0.3 is 0 Å². The molecule has 6 nitrogen and oxygen atoms in total. The molecule has 0 bridgehead atoms. The maximum atomic E-state index is 9.52. The van der Waals surface area contributed by atoms with Crippen LogP contribution in [0.5, 0.6) is 5.88 Å². The summed E-state index contributed by atoms with van der Waals surface area (Å²) in [5, 5.41) is 9.52. The van der Waals surface area contributed by atoms with Crippen molar-refractivity contribution in [3.63, 3.8) is 0 Å². The van der Waals surface area contributed by atoms with Crippen LogP contribution in [0.2, 0.25) is 0 Å². The molecule has 3 N–H and O–H groups in total. The van der Waals surface area contributed by atoms with Crippen LogP contribution in [0.4, 0.5) is 0 Å². The average Bonchev–Trinajstić information content (AvgIpc) is 3.05. The summed E-state index contributed by atoms with van der Waals surface area (Å²) < 4.78 is 5.56. The predicted octanol–water partition coefficient (Wildman–Crippen LogP) is 2.69. The van der Waals surface area contributed by atoms with E-state index in [9.17, 15) is 5.26 Å². The number of nitrogens with zero attached hydrogens (tertiary/aromatic N) is 3. The van der Waals surface area contributed by atoms with Gasteiger partial charge in [-0.25, -0.2) is 0 Å². The lowest BCUT2D eigenvalue weighted by Crippen LogP contribution is -2.21. The first-order chi connectivity index (χ1) is 11.8. The molecule has 1 aromatic carbocycles. The van der Waals surface area contributed by atoms with E-state index < -0.39 is 0 Å². The van der Waals surface area contributed by atoms with Crippen LogP contribution < -0.4 is 10.5 Å². The quantitative estimate of drug-likeness (QED) is 0.757. The number of nitrogens with one attached hydrogen (secondary N) is 1. The Morgan fingerprint density at radius 1 is 1.17 bits per heavy atom. The molecule has 3 heterocycles. The van der Waals surface area contributed by atoms with Gasteiger partial charge in [0.25, 0.3) is 0 Å². The van der Waals surface area contributed by atoms with Crippen molar-refractivity contribution >= 4 is 0 Å². The molecule has 4 rings (SSSR count). The Balaban J connectivity index is 1.88. The zero-order valence-electron chi connectivity index (χ0n) is 12.6. The molecule has 24 heavy (non-hydrogen) atoms. The molecule has 1 aliphatic heterocycles. The number of H-pyrrole nitrogens is 1. The highest BCUT2D eigenvalue weighted by atomic mass is 16.5. The third-order valence-electron chi connectivity index (χ3n) is 3.93. The van der Waals surface area contributed by atoms with Crippen LogP contribution in [-0.2, 0) is 0 Å². The zero-order valence-corrected chi connectivity index (χ0v) is 12.6. The largest absolute Gasteiger partial charge is 0.420 e. The number of aromatic nitrogens is 3. The molecule has 2 aromatic heterocycles. The number of pyridine rings is 1. The number of imidazole rings is 1. The Morgan fingerprint density at radius 3 is 2.71 bits per heavy atom. The van der Waals surface area contributed by atoms with E-state index in [-0.39, 0.29) is 11.8 Å². The van der Waals surface area contributed by atoms with Crippen molar-refractivity contribution in [1.82, 2.24) is 15.0 Å². The monoisotopic (exact) mass is 315 g/mol. The number of hydrogen-bond donors (Lipinski definition) is 2. The maximum absolute atomic E-state index is 9.52. The van der Waals surface area contributed by atoms with Crippen molar-refractivity contribution in [2.75, 3.05) is 0 Å². The number of ether oxygens (including phenoxy) is 1. The van der Waals surface area contributed by atoms with E-state index in [0.29, 0.717) is 23.0 Å². The van der Waals surface area contributed by atoms with E-state index in [1.807, 2.05) is 42.5 Å². The lowest BCUT2D eigenvalue weighted by Gasteiger charge is -2.22. The zero-order chi connectivity index (χ0) is 16.5. The molecule has 0 saturated carbocycles. The predicted molar refractivity (Wildman–Crippen MR) is 87.6 cm³/mol. The van der Waals surface area contributed by atoms with E-state index in [1.165, 1.54) is 0 Å². The minimum Gasteiger partial charge on any atom is -0.420 e. The highest BCUT2D eigenvalue weighted by Gasteiger charge is 2.33. The van der Waals surface area contributed by atoms with Gasteiger partial charge in [-0.05, 0) is 11.6 Å². The lowest BCUT2D eigenvalue weighted by atomic mass is 9.89. The van der Waals surface area contributed by atoms with E-state index >= 15 is 0 Å². The standard InChI is InChI=1S/C18H13N5O/c19-9-13-14(12-7-4-8-21-10-12)15-18(24-16(13)20)23-17(22-15)11-5-2-1-3-6-11/h1-8,10,14H,20H2,(H,22,23)/t14-/m0/s1. The van der Waals surface area contributed by atoms with Gasteiger partial charge < -0.3 is 15.5 Å². The molecule has 0 spiro atoms. The Hall–Kier alpha value is -3.59. The number of nitriles is 1. The molecule has 0 aliphatic carbocycles. The SMILES string of the molecule is N#CC1=C(N)Oc2nc(-c3ccccc3)[nH]c2[C@H]1c1cccnc1. The first-order valence-electron chi connectivity index (χ1n) is 7.40. The molecule has 1 aliphatic rings. The summed E-state index contributed by atoms with van der Waals surface area (Å²) in [5.74, 6) is 0.753. The van der Waals surface area contributed by atoms with Crippen LogP contribution in [0.1, 0.15) is 17.2 Å². The number of hydrogen-bond acceptors (Lipinski definition) is 5. The number of nitrogens with two attached hydrogens (primary N) is 1. The van der Waals surface area contributed by atoms with Crippen LogP contribution in [0.15, 0.2) is 66.3 Å². The van der Waals surface area contributed by atoms with Crippen molar-refractivity contribution in [2.45, 2.75) is 5.92 Å². The van der Waals surface area contributed by atoms with Crippen molar-refractivity contribution in [3.05, 3.63) is 77.6 Å². The normalized spacial score (nSPS) is 16.2. The van der Waals surface area contributed by atoms with Crippen molar-refractivity contribution in [1.29, 1.82) is 5.26 Å². The fourth-order valence-electron chi connectivity index (χ4n) is 2.82. The van der Waals surface area contributed by atoms with Crippen LogP contribution >= 0.6 is 0 Å². The van der Waals surface area contributed by atoms with Gasteiger partial charge in [0.05, 0.1) is 11.6 Å². The van der Waals surface area contributed by atoms with E-state index in [0.717, 1.165) is 11.1 Å². The van der Waals surface area contributed by atoms with E-state index in [2.05, 4.69) is 21.0 Å². The lowest BCUT2D eigenvalue weighted by molar-refractivity contribution is 0.380. The van der Waals surface area contributed by atoms with Gasteiger partial charge in [0.2, 0.25) is 11.8 Å². The summed E-state index contributed by atoms with van der Waals surface area (Å²) in [5.41, 5.74) is 8.77. The summed E-state index contributed by atoms with van der Waals surface area (Å²) in [6.07, 6.45) is 3.40. The van der Waals surface area contributed by atoms with Crippen LogP contribution in [0.25, 0.3) is 11.4 Å². The molecular formula is C18H13N5O. The molecule has 0 amide bonds. The highest BCUT2D eigenvalue weighted by molar-refractivity contribution is 5.60. The second-order valence-corrected chi connectivity index (χ2v) is 5.38. The fraction of sp³-hybridized carbons (Fsp3) is 0.0556. The summed E-state index contributed by atoms with van der Waals surface area (Å²) in [6.45, 7) is 0. The molecule has 1 atom stereocenters. The number of fused-ring (bicyclic) bond motifs is 1. The number of rotatable bonds is 2. The van der Waals surface area contributed by atoms with Crippen LogP contribution in [0.3, 0.4) is 0 Å². The second-order valence-electron chi connectivity index (χ2n) is 5.38. The number of allylic oxidation sites excluding steroid dienone is 1. The molecule has 0 unspecified atom stereocenters. The smallest absolute Gasteiger partial charge is 0.243 e. The van der Waals surface area contributed by atoms with Crippen molar-refractivity contribution < 1.29 is 4.74 Å². The van der Waals surface area contributed by atoms with Gasteiger partial charge in [0.15, 0.2) is 0 Å². The molecule has 0 saturated heterocycles. The molecule has 0 fully saturated rings. The second kappa shape index (κ2) is 5.56. The minimum absolute atomic E-state index is 0.0740. The van der Waals surface area contributed by atoms with Crippen molar-refractivity contribution in [3.8, 4) is 23.3 Å². The minimum atomic E-state index is -0.377. The Morgan fingerprint density at radius 2 is 2.00 bits per heavy atom. The van der Waals surface area contributed by atoms with Crippen LogP contribution in [0, 0.1) is 11.3 Å². The Kier molecular flexibility index (Phi) is 3.25. The average molecular weight is 315 g/mol. The first kappa shape index (κ1) is 14.0. The van der Waals surface area contributed by atoms with E-state index in [4.69, 9.17) is 10.5 Å². The molecule has 116 valence electrons. The maximum Gasteiger partial charge on any atom is 0.243 e. The Labute approximate surface area is 138 Å². The summed E-state index contributed by atoms with van der Waals surface area (Å²) in [7, 11) is 0. The first-order valence-corrected chi connectivity index (χ1v) is 7.40. The Bertz CT molecular complexity index is 954. The topological polar surface area (TPSA) is 101 Å². The van der Waals surface area contributed by atoms with Gasteiger partial charge in [-0.3, -0.25) is 4.98 Å². The molecule has 3 aromatic rings.